The van der Waals surface area contributed by atoms with Gasteiger partial charge in [0.05, 0.1) is 0 Å². The quantitative estimate of drug-likeness (QED) is 0.296. The van der Waals surface area contributed by atoms with Gasteiger partial charge in [0, 0.05) is 33.9 Å². The van der Waals surface area contributed by atoms with Crippen LogP contribution >= 0.6 is 0 Å². The highest BCUT2D eigenvalue weighted by Crippen LogP contribution is 2.38. The van der Waals surface area contributed by atoms with Crippen molar-refractivity contribution >= 4 is 22.7 Å². The second-order valence-electron chi connectivity index (χ2n) is 7.69. The fourth-order valence-electron chi connectivity index (χ4n) is 4.08. The Hall–Kier alpha value is -4.30. The molecule has 0 fully saturated rings. The Balaban J connectivity index is 1.54. The summed E-state index contributed by atoms with van der Waals surface area (Å²) < 4.78 is 0. The van der Waals surface area contributed by atoms with Gasteiger partial charge in [-0.05, 0) is 47.5 Å². The smallest absolute Gasteiger partial charge is 0.0473 e. The van der Waals surface area contributed by atoms with Crippen molar-refractivity contribution in [3.8, 4) is 22.3 Å². The van der Waals surface area contributed by atoms with Crippen molar-refractivity contribution in [1.29, 1.82) is 0 Å². The molecule has 0 aliphatic rings. The molecule has 0 radical (unpaired) electrons. The maximum atomic E-state index is 6.62. The minimum absolute atomic E-state index is 0.800. The Kier molecular flexibility index (Phi) is 5.42. The van der Waals surface area contributed by atoms with Crippen LogP contribution in [0, 0.1) is 0 Å². The first kappa shape index (κ1) is 19.7. The SMILES string of the molecule is Nc1c(-c2ccccc2)cccc1-c1ccc(N(c2ccccc2)c2ccccc2)cc1. The Morgan fingerprint density at radius 2 is 0.781 bits per heavy atom. The van der Waals surface area contributed by atoms with Crippen molar-refractivity contribution in [3.05, 3.63) is 133 Å². The highest BCUT2D eigenvalue weighted by molar-refractivity contribution is 5.89. The third-order valence-electron chi connectivity index (χ3n) is 5.66. The molecule has 0 unspecified atom stereocenters. The standard InChI is InChI=1S/C30H24N2/c31-30-28(23-11-4-1-5-12-23)17-10-18-29(30)24-19-21-27(22-20-24)32(25-13-6-2-7-14-25)26-15-8-3-9-16-26/h1-22H,31H2. The van der Waals surface area contributed by atoms with Crippen LogP contribution in [0.25, 0.3) is 22.3 Å². The molecule has 5 rings (SSSR count). The molecule has 0 atom stereocenters. The number of nitrogens with zero attached hydrogens (tertiary/aromatic N) is 1. The monoisotopic (exact) mass is 412 g/mol. The third-order valence-corrected chi connectivity index (χ3v) is 5.66. The highest BCUT2D eigenvalue weighted by Gasteiger charge is 2.13. The van der Waals surface area contributed by atoms with Gasteiger partial charge in [-0.1, -0.05) is 97.1 Å². The average Bonchev–Trinajstić information content (AvgIpc) is 2.87. The molecular weight excluding hydrogens is 388 g/mol. The second-order valence-corrected chi connectivity index (χ2v) is 7.69. The summed E-state index contributed by atoms with van der Waals surface area (Å²) in [5.41, 5.74) is 15.1. The van der Waals surface area contributed by atoms with Crippen LogP contribution in [-0.4, -0.2) is 0 Å². The summed E-state index contributed by atoms with van der Waals surface area (Å²) in [5, 5.41) is 0. The molecule has 0 heterocycles. The molecule has 154 valence electrons. The van der Waals surface area contributed by atoms with Gasteiger partial charge in [0.25, 0.3) is 0 Å². The van der Waals surface area contributed by atoms with Crippen LogP contribution in [0.4, 0.5) is 22.7 Å². The number of rotatable bonds is 5. The first-order valence-electron chi connectivity index (χ1n) is 10.8. The number of nitrogen functional groups attached to an aromatic ring is 1. The summed E-state index contributed by atoms with van der Waals surface area (Å²) in [6, 6.07) is 46.0. The van der Waals surface area contributed by atoms with Crippen molar-refractivity contribution in [1.82, 2.24) is 0 Å². The summed E-state index contributed by atoms with van der Waals surface area (Å²) in [4.78, 5) is 2.26. The molecule has 2 nitrogen and oxygen atoms in total. The van der Waals surface area contributed by atoms with Crippen LogP contribution in [0.1, 0.15) is 0 Å². The lowest BCUT2D eigenvalue weighted by Crippen LogP contribution is -2.09. The summed E-state index contributed by atoms with van der Waals surface area (Å²) in [7, 11) is 0. The number of para-hydroxylation sites is 3. The number of nitrogens with two attached hydrogens (primary N) is 1. The zero-order valence-electron chi connectivity index (χ0n) is 17.7. The molecule has 0 saturated carbocycles. The Morgan fingerprint density at radius 3 is 1.28 bits per heavy atom. The normalized spacial score (nSPS) is 10.6. The fourth-order valence-corrected chi connectivity index (χ4v) is 4.08. The van der Waals surface area contributed by atoms with E-state index in [2.05, 4.69) is 108 Å². The van der Waals surface area contributed by atoms with Gasteiger partial charge in [0.2, 0.25) is 0 Å². The molecule has 0 amide bonds. The fraction of sp³-hybridized carbons (Fsp3) is 0. The molecule has 0 bridgehead atoms. The number of benzene rings is 5. The molecule has 0 aliphatic heterocycles. The van der Waals surface area contributed by atoms with Crippen molar-refractivity contribution in [2.45, 2.75) is 0 Å². The summed E-state index contributed by atoms with van der Waals surface area (Å²) in [5.74, 6) is 0. The third kappa shape index (κ3) is 3.86. The number of hydrogen-bond donors (Lipinski definition) is 1. The van der Waals surface area contributed by atoms with Crippen LogP contribution in [0.15, 0.2) is 133 Å². The first-order valence-corrected chi connectivity index (χ1v) is 10.8. The molecule has 0 spiro atoms. The molecule has 0 aliphatic carbocycles. The van der Waals surface area contributed by atoms with E-state index in [4.69, 9.17) is 5.73 Å². The van der Waals surface area contributed by atoms with E-state index in [0.29, 0.717) is 0 Å². The van der Waals surface area contributed by atoms with Crippen LogP contribution in [0.3, 0.4) is 0 Å². The van der Waals surface area contributed by atoms with Crippen LogP contribution in [0.2, 0.25) is 0 Å². The van der Waals surface area contributed by atoms with E-state index in [-0.39, 0.29) is 0 Å². The molecular formula is C30H24N2. The topological polar surface area (TPSA) is 29.3 Å². The molecule has 2 heteroatoms. The second kappa shape index (κ2) is 8.83. The van der Waals surface area contributed by atoms with Crippen molar-refractivity contribution in [2.24, 2.45) is 0 Å². The molecule has 0 aromatic heterocycles. The lowest BCUT2D eigenvalue weighted by atomic mass is 9.96. The van der Waals surface area contributed by atoms with Gasteiger partial charge >= 0.3 is 0 Å². The number of anilines is 4. The largest absolute Gasteiger partial charge is 0.398 e. The molecule has 0 saturated heterocycles. The van der Waals surface area contributed by atoms with Gasteiger partial charge in [-0.25, -0.2) is 0 Å². The van der Waals surface area contributed by atoms with E-state index in [0.717, 1.165) is 45.0 Å². The van der Waals surface area contributed by atoms with Gasteiger partial charge < -0.3 is 10.6 Å². The molecule has 2 N–H and O–H groups in total. The van der Waals surface area contributed by atoms with E-state index in [1.807, 2.05) is 30.3 Å². The van der Waals surface area contributed by atoms with E-state index in [1.165, 1.54) is 0 Å². The zero-order chi connectivity index (χ0) is 21.8. The van der Waals surface area contributed by atoms with Crippen LogP contribution < -0.4 is 10.6 Å². The van der Waals surface area contributed by atoms with Crippen molar-refractivity contribution < 1.29 is 0 Å². The van der Waals surface area contributed by atoms with Gasteiger partial charge in [0.15, 0.2) is 0 Å². The summed E-state index contributed by atoms with van der Waals surface area (Å²) in [6.45, 7) is 0. The molecule has 32 heavy (non-hydrogen) atoms. The average molecular weight is 413 g/mol. The molecule has 5 aromatic rings. The van der Waals surface area contributed by atoms with Crippen molar-refractivity contribution in [2.75, 3.05) is 10.6 Å². The van der Waals surface area contributed by atoms with Crippen molar-refractivity contribution in [3.63, 3.8) is 0 Å². The predicted octanol–water partition coefficient (Wildman–Crippen LogP) is 8.07. The van der Waals surface area contributed by atoms with Crippen LogP contribution in [-0.2, 0) is 0 Å². The lowest BCUT2D eigenvalue weighted by molar-refractivity contribution is 1.28. The highest BCUT2D eigenvalue weighted by atomic mass is 15.1. The molecule has 5 aromatic carbocycles. The summed E-state index contributed by atoms with van der Waals surface area (Å²) >= 11 is 0. The first-order chi connectivity index (χ1) is 15.8. The van der Waals surface area contributed by atoms with E-state index in [1.54, 1.807) is 0 Å². The minimum Gasteiger partial charge on any atom is -0.398 e. The van der Waals surface area contributed by atoms with E-state index in [9.17, 15) is 0 Å². The zero-order valence-corrected chi connectivity index (χ0v) is 17.7. The number of hydrogen-bond acceptors (Lipinski definition) is 2. The van der Waals surface area contributed by atoms with Gasteiger partial charge in [0.1, 0.15) is 0 Å². The Bertz CT molecular complexity index is 1260. The van der Waals surface area contributed by atoms with E-state index < -0.39 is 0 Å². The maximum Gasteiger partial charge on any atom is 0.0473 e. The van der Waals surface area contributed by atoms with Gasteiger partial charge in [-0.15, -0.1) is 0 Å². The minimum atomic E-state index is 0.800. The summed E-state index contributed by atoms with van der Waals surface area (Å²) in [6.07, 6.45) is 0. The Labute approximate surface area is 189 Å². The Morgan fingerprint density at radius 1 is 0.375 bits per heavy atom. The van der Waals surface area contributed by atoms with Gasteiger partial charge in [-0.2, -0.15) is 0 Å². The predicted molar refractivity (Wildman–Crippen MR) is 136 cm³/mol. The van der Waals surface area contributed by atoms with E-state index >= 15 is 0 Å². The van der Waals surface area contributed by atoms with Crippen LogP contribution in [0.5, 0.6) is 0 Å². The van der Waals surface area contributed by atoms with Gasteiger partial charge in [-0.3, -0.25) is 0 Å². The maximum absolute atomic E-state index is 6.62. The lowest BCUT2D eigenvalue weighted by Gasteiger charge is -2.25.